The summed E-state index contributed by atoms with van der Waals surface area (Å²) in [6.45, 7) is -0.0139. The smallest absolute Gasteiger partial charge is 0.265 e. The molecule has 0 spiro atoms. The quantitative estimate of drug-likeness (QED) is 0.709. The minimum atomic E-state index is -0.360. The highest BCUT2D eigenvalue weighted by atomic mass is 32.1. The molecular weight excluding hydrogens is 379 g/mol. The molecule has 4 rings (SSSR count). The number of ether oxygens (including phenoxy) is 1. The van der Waals surface area contributed by atoms with E-state index in [-0.39, 0.29) is 30.8 Å². The Labute approximate surface area is 165 Å². The van der Waals surface area contributed by atoms with Crippen molar-refractivity contribution in [2.75, 3.05) is 16.8 Å². The van der Waals surface area contributed by atoms with Crippen molar-refractivity contribution >= 4 is 34.5 Å². The Morgan fingerprint density at radius 1 is 1.18 bits per heavy atom. The standard InChI is InChI=1S/C21H17FN2O3S/c22-17-6-2-1-4-14(17)12-24-18-8-7-15(10-19(18)27-13-21(24)26)23-20(25)11-16-5-3-9-28-16/h1-10H,11-13H2,(H,23,25). The van der Waals surface area contributed by atoms with Gasteiger partial charge in [-0.1, -0.05) is 24.3 Å². The first-order chi connectivity index (χ1) is 13.6. The number of carbonyl (C=O) groups excluding carboxylic acids is 2. The fourth-order valence-electron chi connectivity index (χ4n) is 3.03. The van der Waals surface area contributed by atoms with Gasteiger partial charge in [-0.15, -0.1) is 11.3 Å². The summed E-state index contributed by atoms with van der Waals surface area (Å²) in [4.78, 5) is 27.0. The summed E-state index contributed by atoms with van der Waals surface area (Å²) >= 11 is 1.53. The van der Waals surface area contributed by atoms with Crippen molar-refractivity contribution in [1.29, 1.82) is 0 Å². The molecule has 3 aromatic rings. The number of thiophene rings is 1. The van der Waals surface area contributed by atoms with E-state index in [0.717, 1.165) is 4.88 Å². The molecule has 0 unspecified atom stereocenters. The summed E-state index contributed by atoms with van der Waals surface area (Å²) in [6, 6.07) is 15.3. The zero-order valence-corrected chi connectivity index (χ0v) is 15.7. The van der Waals surface area contributed by atoms with Crippen molar-refractivity contribution in [3.63, 3.8) is 0 Å². The van der Waals surface area contributed by atoms with Crippen LogP contribution in [0.5, 0.6) is 5.75 Å². The van der Waals surface area contributed by atoms with E-state index in [1.807, 2.05) is 17.5 Å². The summed E-state index contributed by atoms with van der Waals surface area (Å²) in [5.74, 6) is -0.256. The van der Waals surface area contributed by atoms with Crippen LogP contribution in [-0.4, -0.2) is 18.4 Å². The fraction of sp³-hybridized carbons (Fsp3) is 0.143. The number of nitrogens with zero attached hydrogens (tertiary/aromatic N) is 1. The van der Waals surface area contributed by atoms with E-state index in [0.29, 0.717) is 29.1 Å². The van der Waals surface area contributed by atoms with Crippen LogP contribution in [0.4, 0.5) is 15.8 Å². The third kappa shape index (κ3) is 3.89. The number of hydrogen-bond donors (Lipinski definition) is 1. The Balaban J connectivity index is 1.52. The third-order valence-corrected chi connectivity index (χ3v) is 5.26. The van der Waals surface area contributed by atoms with E-state index >= 15 is 0 Å². The first kappa shape index (κ1) is 18.2. The first-order valence-electron chi connectivity index (χ1n) is 8.73. The van der Waals surface area contributed by atoms with Crippen LogP contribution in [0.3, 0.4) is 0 Å². The highest BCUT2D eigenvalue weighted by Gasteiger charge is 2.26. The van der Waals surface area contributed by atoms with Crippen molar-refractivity contribution in [3.8, 4) is 5.75 Å². The topological polar surface area (TPSA) is 58.6 Å². The molecule has 1 aliphatic heterocycles. The lowest BCUT2D eigenvalue weighted by atomic mass is 10.1. The Bertz CT molecular complexity index is 1020. The largest absolute Gasteiger partial charge is 0.481 e. The Hall–Kier alpha value is -3.19. The number of carbonyl (C=O) groups is 2. The Kier molecular flexibility index (Phi) is 5.08. The van der Waals surface area contributed by atoms with Gasteiger partial charge >= 0.3 is 0 Å². The molecular formula is C21H17FN2O3S. The van der Waals surface area contributed by atoms with Crippen LogP contribution in [0.25, 0.3) is 0 Å². The van der Waals surface area contributed by atoms with Crippen molar-refractivity contribution in [2.45, 2.75) is 13.0 Å². The lowest BCUT2D eigenvalue weighted by Crippen LogP contribution is -2.38. The van der Waals surface area contributed by atoms with Crippen LogP contribution < -0.4 is 15.0 Å². The van der Waals surface area contributed by atoms with Crippen LogP contribution in [0, 0.1) is 5.82 Å². The van der Waals surface area contributed by atoms with Crippen LogP contribution in [0.15, 0.2) is 60.0 Å². The van der Waals surface area contributed by atoms with Gasteiger partial charge in [0.15, 0.2) is 6.61 Å². The van der Waals surface area contributed by atoms with E-state index in [4.69, 9.17) is 4.74 Å². The molecule has 0 aliphatic carbocycles. The van der Waals surface area contributed by atoms with Gasteiger partial charge in [-0.05, 0) is 29.6 Å². The van der Waals surface area contributed by atoms with E-state index in [1.165, 1.54) is 22.3 Å². The summed E-state index contributed by atoms with van der Waals surface area (Å²) in [6.07, 6.45) is 0.299. The maximum atomic E-state index is 14.0. The number of anilines is 2. The number of rotatable bonds is 5. The Morgan fingerprint density at radius 2 is 2.04 bits per heavy atom. The lowest BCUT2D eigenvalue weighted by Gasteiger charge is -2.30. The second-order valence-electron chi connectivity index (χ2n) is 6.35. The van der Waals surface area contributed by atoms with Gasteiger partial charge in [-0.2, -0.15) is 0 Å². The molecule has 28 heavy (non-hydrogen) atoms. The van der Waals surface area contributed by atoms with Crippen molar-refractivity contribution < 1.29 is 18.7 Å². The van der Waals surface area contributed by atoms with Gasteiger partial charge in [-0.25, -0.2) is 4.39 Å². The summed E-state index contributed by atoms with van der Waals surface area (Å²) in [5.41, 5.74) is 1.56. The van der Waals surface area contributed by atoms with Gasteiger partial charge in [0.2, 0.25) is 5.91 Å². The minimum Gasteiger partial charge on any atom is -0.481 e. The number of halogens is 1. The molecule has 7 heteroatoms. The molecule has 5 nitrogen and oxygen atoms in total. The second-order valence-corrected chi connectivity index (χ2v) is 7.38. The summed E-state index contributed by atoms with van der Waals surface area (Å²) in [5, 5.41) is 4.77. The molecule has 0 saturated carbocycles. The van der Waals surface area contributed by atoms with Gasteiger partial charge in [0.25, 0.3) is 5.91 Å². The SMILES string of the molecule is O=C(Cc1cccs1)Nc1ccc2c(c1)OCC(=O)N2Cc1ccccc1F. The average Bonchev–Trinajstić information content (AvgIpc) is 3.18. The minimum absolute atomic E-state index is 0.117. The highest BCUT2D eigenvalue weighted by Crippen LogP contribution is 2.35. The maximum Gasteiger partial charge on any atom is 0.265 e. The predicted octanol–water partition coefficient (Wildman–Crippen LogP) is 3.99. The zero-order valence-electron chi connectivity index (χ0n) is 14.9. The molecule has 1 aromatic heterocycles. The Morgan fingerprint density at radius 3 is 2.82 bits per heavy atom. The third-order valence-electron chi connectivity index (χ3n) is 4.39. The van der Waals surface area contributed by atoms with Crippen LogP contribution in [0.1, 0.15) is 10.4 Å². The lowest BCUT2D eigenvalue weighted by molar-refractivity contribution is -0.121. The van der Waals surface area contributed by atoms with E-state index in [9.17, 15) is 14.0 Å². The number of hydrogen-bond acceptors (Lipinski definition) is 4. The summed E-state index contributed by atoms with van der Waals surface area (Å²) < 4.78 is 19.5. The zero-order chi connectivity index (χ0) is 19.5. The molecule has 0 atom stereocenters. The van der Waals surface area contributed by atoms with Gasteiger partial charge in [-0.3, -0.25) is 9.59 Å². The fourth-order valence-corrected chi connectivity index (χ4v) is 3.73. The van der Waals surface area contributed by atoms with Gasteiger partial charge in [0.05, 0.1) is 18.7 Å². The predicted molar refractivity (Wildman–Crippen MR) is 106 cm³/mol. The second kappa shape index (κ2) is 7.82. The highest BCUT2D eigenvalue weighted by molar-refractivity contribution is 7.10. The number of nitrogens with one attached hydrogen (secondary N) is 1. The number of fused-ring (bicyclic) bond motifs is 1. The van der Waals surface area contributed by atoms with Crippen molar-refractivity contribution in [1.82, 2.24) is 0 Å². The van der Waals surface area contributed by atoms with Gasteiger partial charge in [0.1, 0.15) is 11.6 Å². The molecule has 0 bridgehead atoms. The molecule has 142 valence electrons. The molecule has 2 heterocycles. The number of amides is 2. The molecule has 0 radical (unpaired) electrons. The first-order valence-corrected chi connectivity index (χ1v) is 9.61. The van der Waals surface area contributed by atoms with Crippen LogP contribution in [-0.2, 0) is 22.6 Å². The maximum absolute atomic E-state index is 14.0. The van der Waals surface area contributed by atoms with Crippen LogP contribution >= 0.6 is 11.3 Å². The number of benzene rings is 2. The van der Waals surface area contributed by atoms with E-state index < -0.39 is 0 Å². The average molecular weight is 396 g/mol. The molecule has 1 aliphatic rings. The van der Waals surface area contributed by atoms with E-state index in [2.05, 4.69) is 5.32 Å². The molecule has 0 saturated heterocycles. The molecule has 0 fully saturated rings. The van der Waals surface area contributed by atoms with E-state index in [1.54, 1.807) is 36.4 Å². The van der Waals surface area contributed by atoms with Gasteiger partial charge in [0, 0.05) is 22.2 Å². The summed E-state index contributed by atoms with van der Waals surface area (Å²) in [7, 11) is 0. The molecule has 2 amide bonds. The van der Waals surface area contributed by atoms with Gasteiger partial charge < -0.3 is 15.0 Å². The van der Waals surface area contributed by atoms with Crippen LogP contribution in [0.2, 0.25) is 0 Å². The monoisotopic (exact) mass is 396 g/mol. The molecule has 1 N–H and O–H groups in total. The molecule has 2 aromatic carbocycles. The van der Waals surface area contributed by atoms with Crippen molar-refractivity contribution in [3.05, 3.63) is 76.2 Å². The van der Waals surface area contributed by atoms with Crippen molar-refractivity contribution in [2.24, 2.45) is 0 Å². The normalized spacial score (nSPS) is 13.0.